The van der Waals surface area contributed by atoms with Crippen LogP contribution in [0.1, 0.15) is 24.4 Å². The second kappa shape index (κ2) is 6.34. The lowest BCUT2D eigenvalue weighted by molar-refractivity contribution is -0.274. The first-order valence-corrected chi connectivity index (χ1v) is 5.66. The molecule has 1 saturated heterocycles. The number of hydrogen-bond donors (Lipinski definition) is 1. The molecule has 3 nitrogen and oxygen atoms in total. The average Bonchev–Trinajstić information content (AvgIpc) is 2.80. The fraction of sp³-hybridized carbons (Fsp3) is 0.500. The maximum Gasteiger partial charge on any atom is 0.573 e. The molecule has 1 aromatic rings. The van der Waals surface area contributed by atoms with Gasteiger partial charge in [-0.05, 0) is 37.6 Å². The summed E-state index contributed by atoms with van der Waals surface area (Å²) in [6.45, 7) is 0.859. The Bertz CT molecular complexity index is 420. The highest BCUT2D eigenvalue weighted by atomic mass is 35.5. The average molecular weight is 298 g/mol. The summed E-state index contributed by atoms with van der Waals surface area (Å²) >= 11 is 0. The summed E-state index contributed by atoms with van der Waals surface area (Å²) in [7, 11) is 1.50. The predicted molar refractivity (Wildman–Crippen MR) is 66.9 cm³/mol. The Labute approximate surface area is 115 Å². The van der Waals surface area contributed by atoms with Gasteiger partial charge in [0.25, 0.3) is 0 Å². The summed E-state index contributed by atoms with van der Waals surface area (Å²) in [6.07, 6.45) is -2.79. The van der Waals surface area contributed by atoms with Gasteiger partial charge in [0, 0.05) is 11.6 Å². The molecule has 2 rings (SSSR count). The molecule has 1 aromatic carbocycles. The molecule has 0 aromatic heterocycles. The van der Waals surface area contributed by atoms with Crippen molar-refractivity contribution in [1.82, 2.24) is 5.32 Å². The standard InChI is InChI=1S/C12H14F3NO2.ClH/c1-17-11-5-4-8(18-12(13,14)15)7-9(11)10-3-2-6-16-10;/h4-5,7,10,16H,2-3,6H2,1H3;1H/t10-;/m0./s1. The topological polar surface area (TPSA) is 30.5 Å². The largest absolute Gasteiger partial charge is 0.573 e. The van der Waals surface area contributed by atoms with Crippen molar-refractivity contribution < 1.29 is 22.6 Å². The van der Waals surface area contributed by atoms with Crippen LogP contribution in [0, 0.1) is 0 Å². The van der Waals surface area contributed by atoms with Crippen molar-refractivity contribution in [2.24, 2.45) is 0 Å². The highest BCUT2D eigenvalue weighted by molar-refractivity contribution is 5.85. The molecule has 1 aliphatic rings. The number of halogens is 4. The molecule has 0 bridgehead atoms. The fourth-order valence-corrected chi connectivity index (χ4v) is 2.13. The van der Waals surface area contributed by atoms with E-state index in [-0.39, 0.29) is 24.2 Å². The number of alkyl halides is 3. The first-order chi connectivity index (χ1) is 8.49. The van der Waals surface area contributed by atoms with E-state index in [4.69, 9.17) is 4.74 Å². The summed E-state index contributed by atoms with van der Waals surface area (Å²) in [5.74, 6) is 0.357. The van der Waals surface area contributed by atoms with E-state index >= 15 is 0 Å². The second-order valence-corrected chi connectivity index (χ2v) is 4.10. The lowest BCUT2D eigenvalue weighted by Crippen LogP contribution is -2.18. The summed E-state index contributed by atoms with van der Waals surface area (Å²) in [6, 6.07) is 4.16. The van der Waals surface area contributed by atoms with E-state index < -0.39 is 6.36 Å². The first-order valence-electron chi connectivity index (χ1n) is 5.66. The number of benzene rings is 1. The molecule has 1 aliphatic heterocycles. The van der Waals surface area contributed by atoms with Crippen LogP contribution in [0.15, 0.2) is 18.2 Å². The van der Waals surface area contributed by atoms with Crippen LogP contribution in [0.4, 0.5) is 13.2 Å². The van der Waals surface area contributed by atoms with Crippen LogP contribution in [-0.2, 0) is 0 Å². The van der Waals surface area contributed by atoms with Gasteiger partial charge in [0.15, 0.2) is 0 Å². The van der Waals surface area contributed by atoms with Crippen LogP contribution in [-0.4, -0.2) is 20.0 Å². The Balaban J connectivity index is 0.00000180. The maximum atomic E-state index is 12.2. The van der Waals surface area contributed by atoms with Gasteiger partial charge in [-0.15, -0.1) is 25.6 Å². The summed E-state index contributed by atoms with van der Waals surface area (Å²) in [4.78, 5) is 0. The zero-order valence-electron chi connectivity index (χ0n) is 10.3. The minimum atomic E-state index is -4.67. The van der Waals surface area contributed by atoms with Gasteiger partial charge < -0.3 is 14.8 Å². The van der Waals surface area contributed by atoms with Crippen molar-refractivity contribution in [3.05, 3.63) is 23.8 Å². The Hall–Kier alpha value is -1.14. The Morgan fingerprint density at radius 3 is 2.58 bits per heavy atom. The van der Waals surface area contributed by atoms with E-state index in [0.29, 0.717) is 11.3 Å². The molecule has 0 saturated carbocycles. The van der Waals surface area contributed by atoms with E-state index in [1.54, 1.807) is 0 Å². The van der Waals surface area contributed by atoms with Gasteiger partial charge in [-0.1, -0.05) is 0 Å². The second-order valence-electron chi connectivity index (χ2n) is 4.10. The van der Waals surface area contributed by atoms with Gasteiger partial charge in [-0.2, -0.15) is 0 Å². The number of hydrogen-bond acceptors (Lipinski definition) is 3. The van der Waals surface area contributed by atoms with Crippen molar-refractivity contribution in [3.63, 3.8) is 0 Å². The van der Waals surface area contributed by atoms with Crippen LogP contribution in [0.3, 0.4) is 0 Å². The molecule has 7 heteroatoms. The van der Waals surface area contributed by atoms with Crippen molar-refractivity contribution >= 4 is 12.4 Å². The van der Waals surface area contributed by atoms with Crippen molar-refractivity contribution in [3.8, 4) is 11.5 Å². The summed E-state index contributed by atoms with van der Waals surface area (Å²) < 4.78 is 45.6. The zero-order chi connectivity index (χ0) is 13.2. The van der Waals surface area contributed by atoms with E-state index in [1.807, 2.05) is 0 Å². The molecular weight excluding hydrogens is 283 g/mol. The summed E-state index contributed by atoms with van der Waals surface area (Å²) in [5.41, 5.74) is 0.705. The van der Waals surface area contributed by atoms with Gasteiger partial charge in [0.2, 0.25) is 0 Å². The van der Waals surface area contributed by atoms with Crippen LogP contribution in [0.25, 0.3) is 0 Å². The Morgan fingerprint density at radius 1 is 1.32 bits per heavy atom. The van der Waals surface area contributed by atoms with E-state index in [1.165, 1.54) is 25.3 Å². The molecule has 0 radical (unpaired) electrons. The lowest BCUT2D eigenvalue weighted by Gasteiger charge is -2.17. The number of ether oxygens (including phenoxy) is 2. The molecule has 1 heterocycles. The smallest absolute Gasteiger partial charge is 0.496 e. The predicted octanol–water partition coefficient (Wildman–Crippen LogP) is 3.44. The number of nitrogens with one attached hydrogen (secondary N) is 1. The molecule has 0 aliphatic carbocycles. The van der Waals surface area contributed by atoms with Crippen molar-refractivity contribution in [2.75, 3.05) is 13.7 Å². The highest BCUT2D eigenvalue weighted by Gasteiger charge is 2.31. The summed E-state index contributed by atoms with van der Waals surface area (Å²) in [5, 5.41) is 3.22. The molecule has 1 fully saturated rings. The molecule has 19 heavy (non-hydrogen) atoms. The fourth-order valence-electron chi connectivity index (χ4n) is 2.13. The van der Waals surface area contributed by atoms with Crippen LogP contribution < -0.4 is 14.8 Å². The normalized spacial score (nSPS) is 18.8. The van der Waals surface area contributed by atoms with Gasteiger partial charge in [-0.3, -0.25) is 0 Å². The minimum absolute atomic E-state index is 0. The quantitative estimate of drug-likeness (QED) is 0.927. The third-order valence-corrected chi connectivity index (χ3v) is 2.87. The molecule has 108 valence electrons. The van der Waals surface area contributed by atoms with E-state index in [2.05, 4.69) is 10.1 Å². The van der Waals surface area contributed by atoms with E-state index in [9.17, 15) is 13.2 Å². The molecule has 0 amide bonds. The Kier molecular flexibility index (Phi) is 5.31. The molecule has 1 atom stereocenters. The van der Waals surface area contributed by atoms with Crippen LogP contribution in [0.5, 0.6) is 11.5 Å². The molecule has 0 unspecified atom stereocenters. The highest BCUT2D eigenvalue weighted by Crippen LogP contribution is 2.35. The molecule has 1 N–H and O–H groups in total. The first kappa shape index (κ1) is 15.9. The molecular formula is C12H15ClF3NO2. The van der Waals surface area contributed by atoms with Gasteiger partial charge in [0.1, 0.15) is 11.5 Å². The van der Waals surface area contributed by atoms with Crippen LogP contribution >= 0.6 is 12.4 Å². The third-order valence-electron chi connectivity index (χ3n) is 2.87. The minimum Gasteiger partial charge on any atom is -0.496 e. The van der Waals surface area contributed by atoms with E-state index in [0.717, 1.165) is 19.4 Å². The van der Waals surface area contributed by atoms with Gasteiger partial charge >= 0.3 is 6.36 Å². The van der Waals surface area contributed by atoms with Gasteiger partial charge in [-0.25, -0.2) is 0 Å². The maximum absolute atomic E-state index is 12.2. The number of methoxy groups -OCH3 is 1. The van der Waals surface area contributed by atoms with Crippen molar-refractivity contribution in [2.45, 2.75) is 25.2 Å². The lowest BCUT2D eigenvalue weighted by atomic mass is 10.0. The Morgan fingerprint density at radius 2 is 2.05 bits per heavy atom. The van der Waals surface area contributed by atoms with Crippen LogP contribution in [0.2, 0.25) is 0 Å². The van der Waals surface area contributed by atoms with Crippen molar-refractivity contribution in [1.29, 1.82) is 0 Å². The third kappa shape index (κ3) is 4.18. The monoisotopic (exact) mass is 297 g/mol. The molecule has 0 spiro atoms. The van der Waals surface area contributed by atoms with Gasteiger partial charge in [0.05, 0.1) is 7.11 Å². The number of rotatable bonds is 3. The zero-order valence-corrected chi connectivity index (χ0v) is 11.1. The SMILES string of the molecule is COc1ccc(OC(F)(F)F)cc1[C@@H]1CCCN1.Cl.